The van der Waals surface area contributed by atoms with Gasteiger partial charge >= 0.3 is 0 Å². The molecule has 0 spiro atoms. The van der Waals surface area contributed by atoms with Gasteiger partial charge in [0.25, 0.3) is 0 Å². The van der Waals surface area contributed by atoms with Gasteiger partial charge < -0.3 is 15.3 Å². The maximum absolute atomic E-state index is 13.4. The molecular weight excluding hydrogens is 604 g/mol. The molecule has 1 aliphatic rings. The zero-order chi connectivity index (χ0) is 35.5. The molecule has 0 aromatic heterocycles. The molecule has 280 valence electrons. The van der Waals surface area contributed by atoms with Crippen molar-refractivity contribution in [2.24, 2.45) is 0 Å². The Balaban J connectivity index is 2.41. The molecule has 2 atom stereocenters. The fourth-order valence-electron chi connectivity index (χ4n) is 7.23. The van der Waals surface area contributed by atoms with Crippen molar-refractivity contribution in [1.82, 2.24) is 0 Å². The zero-order valence-corrected chi connectivity index (χ0v) is 31.2. The molecule has 0 heterocycles. The van der Waals surface area contributed by atoms with Crippen molar-refractivity contribution < 1.29 is 34.5 Å². The third-order valence-electron chi connectivity index (χ3n) is 10.6. The molecular formula is C41H74O7. The highest BCUT2D eigenvalue weighted by molar-refractivity contribution is 6.28. The summed E-state index contributed by atoms with van der Waals surface area (Å²) >= 11 is 0. The van der Waals surface area contributed by atoms with E-state index in [4.69, 9.17) is 0 Å². The Bertz CT molecular complexity index is 868. The minimum atomic E-state index is -3.25. The number of hydrogen-bond donors (Lipinski definition) is 3. The molecule has 0 aromatic carbocycles. The van der Waals surface area contributed by atoms with Crippen LogP contribution in [0.2, 0.25) is 0 Å². The number of Topliss-reactive ketones (excluding diaryl/α,β-unsaturated/α-hetero) is 4. The highest BCUT2D eigenvalue weighted by Crippen LogP contribution is 2.37. The molecule has 1 aliphatic carbocycles. The van der Waals surface area contributed by atoms with Crippen LogP contribution in [0.25, 0.3) is 0 Å². The van der Waals surface area contributed by atoms with Crippen molar-refractivity contribution in [2.75, 3.05) is 0 Å². The lowest BCUT2D eigenvalue weighted by Gasteiger charge is -2.37. The maximum atomic E-state index is 13.4. The van der Waals surface area contributed by atoms with Crippen molar-refractivity contribution in [3.05, 3.63) is 0 Å². The second kappa shape index (κ2) is 27.3. The Labute approximate surface area is 293 Å². The van der Waals surface area contributed by atoms with E-state index < -0.39 is 40.4 Å². The molecule has 48 heavy (non-hydrogen) atoms. The van der Waals surface area contributed by atoms with Crippen molar-refractivity contribution in [1.29, 1.82) is 0 Å². The quantitative estimate of drug-likeness (QED) is 0.0456. The Morgan fingerprint density at radius 2 is 0.854 bits per heavy atom. The lowest BCUT2D eigenvalue weighted by Crippen LogP contribution is -2.71. The van der Waals surface area contributed by atoms with Crippen LogP contribution in [0.4, 0.5) is 0 Å². The molecule has 3 N–H and O–H groups in total. The summed E-state index contributed by atoms with van der Waals surface area (Å²) in [6.07, 6.45) is 29.3. The van der Waals surface area contributed by atoms with Crippen LogP contribution in [0.15, 0.2) is 0 Å². The van der Waals surface area contributed by atoms with Gasteiger partial charge in [-0.1, -0.05) is 187 Å². The Kier molecular flexibility index (Phi) is 25.4. The number of carbonyl (C=O) groups is 4. The summed E-state index contributed by atoms with van der Waals surface area (Å²) in [6.45, 7) is 4.47. The molecule has 1 rings (SSSR count). The Hall–Kier alpha value is -1.44. The molecule has 1 saturated carbocycles. The standard InChI is InChI=1S/C41H74O7/c1-3-5-7-9-11-13-15-17-19-21-23-25-27-29-31-35(42)39(46)41(48,40(47)37(44)33-34-38(40)45)36(43)32-30-28-26-24-22-20-18-16-14-12-10-8-6-4-2/h35,42,47-48H,3-34H2,1-2H3. The van der Waals surface area contributed by atoms with Crippen LogP contribution >= 0.6 is 0 Å². The van der Waals surface area contributed by atoms with Gasteiger partial charge in [0.2, 0.25) is 17.0 Å². The first kappa shape index (κ1) is 44.6. The predicted molar refractivity (Wildman–Crippen MR) is 195 cm³/mol. The summed E-state index contributed by atoms with van der Waals surface area (Å²) in [5.74, 6) is -4.42. The SMILES string of the molecule is CCCCCCCCCCCCCCCCC(=O)C(O)(C(=O)C(O)CCCCCCCCCCCCCCCC)C1(O)C(=O)CCC1=O. The number of hydrogen-bond acceptors (Lipinski definition) is 7. The topological polar surface area (TPSA) is 129 Å². The van der Waals surface area contributed by atoms with E-state index >= 15 is 0 Å². The first-order valence-corrected chi connectivity index (χ1v) is 20.4. The fraction of sp³-hybridized carbons (Fsp3) is 0.902. The molecule has 2 unspecified atom stereocenters. The second-order valence-electron chi connectivity index (χ2n) is 14.8. The van der Waals surface area contributed by atoms with Crippen LogP contribution < -0.4 is 0 Å². The van der Waals surface area contributed by atoms with Crippen molar-refractivity contribution in [2.45, 2.75) is 237 Å². The van der Waals surface area contributed by atoms with Crippen molar-refractivity contribution >= 4 is 23.1 Å². The third kappa shape index (κ3) is 16.1. The van der Waals surface area contributed by atoms with Gasteiger partial charge in [0, 0.05) is 19.3 Å². The number of aliphatic hydroxyl groups excluding tert-OH is 1. The van der Waals surface area contributed by atoms with E-state index in [9.17, 15) is 34.5 Å². The summed E-state index contributed by atoms with van der Waals surface area (Å²) in [5.41, 5.74) is -6.36. The Morgan fingerprint density at radius 1 is 0.562 bits per heavy atom. The summed E-state index contributed by atoms with van der Waals surface area (Å²) in [7, 11) is 0. The molecule has 0 aromatic rings. The zero-order valence-electron chi connectivity index (χ0n) is 31.2. The van der Waals surface area contributed by atoms with E-state index in [1.807, 2.05) is 0 Å². The van der Waals surface area contributed by atoms with Gasteiger partial charge in [-0.25, -0.2) is 0 Å². The highest BCUT2D eigenvalue weighted by Gasteiger charge is 2.69. The lowest BCUT2D eigenvalue weighted by molar-refractivity contribution is -0.190. The van der Waals surface area contributed by atoms with Gasteiger partial charge in [-0.15, -0.1) is 0 Å². The van der Waals surface area contributed by atoms with Crippen LogP contribution in [-0.4, -0.2) is 55.8 Å². The molecule has 0 bridgehead atoms. The van der Waals surface area contributed by atoms with E-state index in [-0.39, 0.29) is 25.7 Å². The smallest absolute Gasteiger partial charge is 0.227 e. The van der Waals surface area contributed by atoms with Gasteiger partial charge in [0.15, 0.2) is 17.3 Å². The van der Waals surface area contributed by atoms with Crippen molar-refractivity contribution in [3.63, 3.8) is 0 Å². The fourth-order valence-corrected chi connectivity index (χ4v) is 7.23. The number of unbranched alkanes of at least 4 members (excludes halogenated alkanes) is 26. The molecule has 0 saturated heterocycles. The van der Waals surface area contributed by atoms with Crippen LogP contribution in [0, 0.1) is 0 Å². The number of ketones is 4. The van der Waals surface area contributed by atoms with E-state index in [1.54, 1.807) is 0 Å². The highest BCUT2D eigenvalue weighted by atomic mass is 16.4. The first-order valence-electron chi connectivity index (χ1n) is 20.4. The molecule has 0 amide bonds. The summed E-state index contributed by atoms with van der Waals surface area (Å²) in [6, 6.07) is 0. The average Bonchev–Trinajstić information content (AvgIpc) is 3.35. The summed E-state index contributed by atoms with van der Waals surface area (Å²) in [4.78, 5) is 52.1. The minimum absolute atomic E-state index is 0.00374. The van der Waals surface area contributed by atoms with E-state index in [0.29, 0.717) is 19.3 Å². The largest absolute Gasteiger partial charge is 0.385 e. The predicted octanol–water partition coefficient (Wildman–Crippen LogP) is 9.62. The first-order chi connectivity index (χ1) is 23.2. The van der Waals surface area contributed by atoms with Crippen LogP contribution in [0.3, 0.4) is 0 Å². The van der Waals surface area contributed by atoms with Crippen LogP contribution in [-0.2, 0) is 19.2 Å². The summed E-state index contributed by atoms with van der Waals surface area (Å²) in [5, 5.41) is 33.4. The van der Waals surface area contributed by atoms with Crippen molar-refractivity contribution in [3.8, 4) is 0 Å². The molecule has 0 aliphatic heterocycles. The van der Waals surface area contributed by atoms with Gasteiger partial charge in [-0.05, 0) is 12.8 Å². The van der Waals surface area contributed by atoms with Gasteiger partial charge in [-0.2, -0.15) is 0 Å². The third-order valence-corrected chi connectivity index (χ3v) is 10.6. The second-order valence-corrected chi connectivity index (χ2v) is 14.8. The molecule has 1 fully saturated rings. The number of rotatable bonds is 34. The molecule has 7 nitrogen and oxygen atoms in total. The minimum Gasteiger partial charge on any atom is -0.385 e. The summed E-state index contributed by atoms with van der Waals surface area (Å²) < 4.78 is 0. The maximum Gasteiger partial charge on any atom is 0.227 e. The van der Waals surface area contributed by atoms with Crippen LogP contribution in [0.5, 0.6) is 0 Å². The average molecular weight is 679 g/mol. The number of aliphatic hydroxyl groups is 3. The van der Waals surface area contributed by atoms with Crippen LogP contribution in [0.1, 0.15) is 219 Å². The Morgan fingerprint density at radius 3 is 1.19 bits per heavy atom. The molecule has 7 heteroatoms. The molecule has 0 radical (unpaired) electrons. The normalized spacial score (nSPS) is 16.4. The van der Waals surface area contributed by atoms with E-state index in [0.717, 1.165) is 44.9 Å². The monoisotopic (exact) mass is 679 g/mol. The van der Waals surface area contributed by atoms with Gasteiger partial charge in [-0.3, -0.25) is 19.2 Å². The van der Waals surface area contributed by atoms with Gasteiger partial charge in [0.05, 0.1) is 0 Å². The van der Waals surface area contributed by atoms with E-state index in [1.165, 1.54) is 116 Å². The lowest BCUT2D eigenvalue weighted by atomic mass is 9.71. The van der Waals surface area contributed by atoms with Gasteiger partial charge in [0.1, 0.15) is 6.10 Å². The van der Waals surface area contributed by atoms with E-state index in [2.05, 4.69) is 13.8 Å². The number of carbonyl (C=O) groups excluding carboxylic acids is 4.